The van der Waals surface area contributed by atoms with Gasteiger partial charge in [-0.3, -0.25) is 9.59 Å². The molecule has 3 aliphatic rings. The highest BCUT2D eigenvalue weighted by Gasteiger charge is 2.45. The Balaban J connectivity index is 0.00000196. The third-order valence-corrected chi connectivity index (χ3v) is 6.22. The molecule has 0 radical (unpaired) electrons. The maximum Gasteiger partial charge on any atom is 0.228 e. The Morgan fingerprint density at radius 1 is 1.23 bits per heavy atom. The van der Waals surface area contributed by atoms with Crippen LogP contribution in [0.3, 0.4) is 0 Å². The number of fused-ring (bicyclic) bond motifs is 1. The molecule has 3 fully saturated rings. The predicted octanol–water partition coefficient (Wildman–Crippen LogP) is 2.45. The molecule has 2 heterocycles. The van der Waals surface area contributed by atoms with Gasteiger partial charge in [-0.2, -0.15) is 0 Å². The van der Waals surface area contributed by atoms with E-state index in [1.54, 1.807) is 6.07 Å². The van der Waals surface area contributed by atoms with Crippen molar-refractivity contribution in [2.75, 3.05) is 24.5 Å². The Kier molecular flexibility index (Phi) is 5.47. The van der Waals surface area contributed by atoms with Crippen molar-refractivity contribution in [3.8, 4) is 0 Å². The number of carbonyl (C=O) groups is 2. The molecule has 2 saturated heterocycles. The number of nitrogens with two attached hydrogens (primary N) is 1. The van der Waals surface area contributed by atoms with Crippen LogP contribution in [0.25, 0.3) is 0 Å². The summed E-state index contributed by atoms with van der Waals surface area (Å²) < 4.78 is 13.7. The van der Waals surface area contributed by atoms with Gasteiger partial charge in [0.05, 0.1) is 10.9 Å². The van der Waals surface area contributed by atoms with Gasteiger partial charge in [-0.1, -0.05) is 11.6 Å². The third kappa shape index (κ3) is 3.30. The Labute approximate surface area is 163 Å². The zero-order valence-electron chi connectivity index (χ0n) is 14.2. The standard InChI is InChI=1S/C18H21ClFN3O2.ClH/c19-14-3-2-12(6-15(14)20)23-8-11(5-17(23)24)18(25)22-7-10-1-4-16(21)13(10)9-22;/h2-3,6,10-11,13,16H,1,4-5,7-9,21H2;1H. The number of hydrogen-bond donors (Lipinski definition) is 1. The van der Waals surface area contributed by atoms with Crippen molar-refractivity contribution in [3.05, 3.63) is 29.0 Å². The van der Waals surface area contributed by atoms with Gasteiger partial charge >= 0.3 is 0 Å². The first kappa shape index (κ1) is 19.4. The van der Waals surface area contributed by atoms with Gasteiger partial charge < -0.3 is 15.5 Å². The molecule has 142 valence electrons. The monoisotopic (exact) mass is 401 g/mol. The highest BCUT2D eigenvalue weighted by atomic mass is 35.5. The summed E-state index contributed by atoms with van der Waals surface area (Å²) in [5.74, 6) is -0.188. The number of hydrogen-bond acceptors (Lipinski definition) is 3. The molecular weight excluding hydrogens is 380 g/mol. The van der Waals surface area contributed by atoms with Crippen LogP contribution < -0.4 is 10.6 Å². The Bertz CT molecular complexity index is 732. The molecule has 4 unspecified atom stereocenters. The van der Waals surface area contributed by atoms with E-state index in [1.165, 1.54) is 17.0 Å². The molecule has 0 aromatic heterocycles. The number of nitrogens with zero attached hydrogens (tertiary/aromatic N) is 2. The molecule has 2 N–H and O–H groups in total. The van der Waals surface area contributed by atoms with Gasteiger partial charge in [-0.05, 0) is 42.9 Å². The first-order valence-electron chi connectivity index (χ1n) is 8.74. The minimum absolute atomic E-state index is 0. The molecule has 2 amide bonds. The smallest absolute Gasteiger partial charge is 0.228 e. The molecule has 8 heteroatoms. The zero-order chi connectivity index (χ0) is 17.7. The molecule has 1 aromatic carbocycles. The van der Waals surface area contributed by atoms with Gasteiger partial charge in [0.15, 0.2) is 0 Å². The van der Waals surface area contributed by atoms with Gasteiger partial charge in [-0.25, -0.2) is 4.39 Å². The lowest BCUT2D eigenvalue weighted by atomic mass is 9.98. The molecule has 1 aromatic rings. The van der Waals surface area contributed by atoms with Crippen LogP contribution in [0.5, 0.6) is 0 Å². The van der Waals surface area contributed by atoms with Crippen LogP contribution in [0.4, 0.5) is 10.1 Å². The Hall–Kier alpha value is -1.37. The molecule has 0 bridgehead atoms. The van der Waals surface area contributed by atoms with E-state index >= 15 is 0 Å². The average molecular weight is 402 g/mol. The summed E-state index contributed by atoms with van der Waals surface area (Å²) in [6.45, 7) is 1.74. The number of rotatable bonds is 2. The second kappa shape index (κ2) is 7.33. The summed E-state index contributed by atoms with van der Waals surface area (Å²) in [5, 5.41) is 0.0166. The molecule has 1 aliphatic carbocycles. The Morgan fingerprint density at radius 3 is 2.69 bits per heavy atom. The maximum atomic E-state index is 13.7. The summed E-state index contributed by atoms with van der Waals surface area (Å²) in [7, 11) is 0. The summed E-state index contributed by atoms with van der Waals surface area (Å²) in [5.41, 5.74) is 6.58. The molecular formula is C18H22Cl2FN3O2. The summed E-state index contributed by atoms with van der Waals surface area (Å²) in [6.07, 6.45) is 2.28. The Morgan fingerprint density at radius 2 is 2.00 bits per heavy atom. The number of benzene rings is 1. The first-order valence-corrected chi connectivity index (χ1v) is 9.11. The number of carbonyl (C=O) groups excluding carboxylic acids is 2. The minimum atomic E-state index is -0.567. The number of anilines is 1. The summed E-state index contributed by atoms with van der Waals surface area (Å²) in [4.78, 5) is 28.5. The number of likely N-dealkylation sites (tertiary alicyclic amines) is 1. The van der Waals surface area contributed by atoms with Crippen LogP contribution in [-0.4, -0.2) is 42.4 Å². The highest BCUT2D eigenvalue weighted by molar-refractivity contribution is 6.30. The van der Waals surface area contributed by atoms with Crippen molar-refractivity contribution >= 4 is 41.5 Å². The fourth-order valence-electron chi connectivity index (χ4n) is 4.52. The predicted molar refractivity (Wildman–Crippen MR) is 99.9 cm³/mol. The number of amides is 2. The topological polar surface area (TPSA) is 66.6 Å². The van der Waals surface area contributed by atoms with Crippen LogP contribution in [0.2, 0.25) is 5.02 Å². The van der Waals surface area contributed by atoms with Crippen LogP contribution >= 0.6 is 24.0 Å². The van der Waals surface area contributed by atoms with Crippen LogP contribution in [0, 0.1) is 23.6 Å². The number of halogens is 3. The normalized spacial score (nSPS) is 30.5. The molecule has 0 spiro atoms. The second-order valence-electron chi connectivity index (χ2n) is 7.41. The van der Waals surface area contributed by atoms with Crippen LogP contribution in [-0.2, 0) is 9.59 Å². The van der Waals surface area contributed by atoms with E-state index < -0.39 is 5.82 Å². The van der Waals surface area contributed by atoms with E-state index in [1.807, 2.05) is 4.90 Å². The van der Waals surface area contributed by atoms with Crippen molar-refractivity contribution in [3.63, 3.8) is 0 Å². The van der Waals surface area contributed by atoms with Gasteiger partial charge in [-0.15, -0.1) is 12.4 Å². The quantitative estimate of drug-likeness (QED) is 0.827. The van der Waals surface area contributed by atoms with Crippen LogP contribution in [0.15, 0.2) is 18.2 Å². The van der Waals surface area contributed by atoms with Crippen molar-refractivity contribution in [1.82, 2.24) is 4.90 Å². The largest absolute Gasteiger partial charge is 0.342 e. The molecule has 4 atom stereocenters. The lowest BCUT2D eigenvalue weighted by Crippen LogP contribution is -2.38. The second-order valence-corrected chi connectivity index (χ2v) is 7.82. The molecule has 2 aliphatic heterocycles. The van der Waals surface area contributed by atoms with Gasteiger partial charge in [0.2, 0.25) is 11.8 Å². The van der Waals surface area contributed by atoms with Gasteiger partial charge in [0.25, 0.3) is 0 Å². The average Bonchev–Trinajstić information content (AvgIpc) is 3.26. The molecule has 1 saturated carbocycles. The minimum Gasteiger partial charge on any atom is -0.342 e. The lowest BCUT2D eigenvalue weighted by Gasteiger charge is -2.22. The fraction of sp³-hybridized carbons (Fsp3) is 0.556. The molecule has 4 rings (SSSR count). The van der Waals surface area contributed by atoms with E-state index in [4.69, 9.17) is 17.3 Å². The van der Waals surface area contributed by atoms with Crippen molar-refractivity contribution in [2.45, 2.75) is 25.3 Å². The van der Waals surface area contributed by atoms with Crippen molar-refractivity contribution in [2.24, 2.45) is 23.5 Å². The summed E-state index contributed by atoms with van der Waals surface area (Å²) in [6, 6.07) is 4.46. The van der Waals surface area contributed by atoms with Crippen molar-refractivity contribution < 1.29 is 14.0 Å². The SMILES string of the molecule is Cl.NC1CCC2CN(C(=O)C3CC(=O)N(c4ccc(Cl)c(F)c4)C3)CC12. The van der Waals surface area contributed by atoms with E-state index in [-0.39, 0.29) is 54.2 Å². The first-order chi connectivity index (χ1) is 11.9. The van der Waals surface area contributed by atoms with E-state index in [0.29, 0.717) is 24.1 Å². The van der Waals surface area contributed by atoms with E-state index in [0.717, 1.165) is 19.4 Å². The molecule has 5 nitrogen and oxygen atoms in total. The van der Waals surface area contributed by atoms with Gasteiger partial charge in [0, 0.05) is 37.8 Å². The van der Waals surface area contributed by atoms with E-state index in [9.17, 15) is 14.0 Å². The third-order valence-electron chi connectivity index (χ3n) is 5.91. The summed E-state index contributed by atoms with van der Waals surface area (Å²) >= 11 is 5.70. The maximum absolute atomic E-state index is 13.7. The zero-order valence-corrected chi connectivity index (χ0v) is 15.8. The van der Waals surface area contributed by atoms with E-state index in [2.05, 4.69) is 0 Å². The molecule has 26 heavy (non-hydrogen) atoms. The fourth-order valence-corrected chi connectivity index (χ4v) is 4.64. The van der Waals surface area contributed by atoms with Gasteiger partial charge in [0.1, 0.15) is 5.82 Å². The van der Waals surface area contributed by atoms with Crippen molar-refractivity contribution in [1.29, 1.82) is 0 Å². The highest BCUT2D eigenvalue weighted by Crippen LogP contribution is 2.38. The lowest BCUT2D eigenvalue weighted by molar-refractivity contribution is -0.135. The van der Waals surface area contributed by atoms with Crippen LogP contribution in [0.1, 0.15) is 19.3 Å².